The van der Waals surface area contributed by atoms with Gasteiger partial charge in [-0.25, -0.2) is 4.98 Å². The van der Waals surface area contributed by atoms with E-state index < -0.39 is 0 Å². The van der Waals surface area contributed by atoms with Gasteiger partial charge < -0.3 is 15.1 Å². The minimum absolute atomic E-state index is 0.0708. The van der Waals surface area contributed by atoms with Gasteiger partial charge in [-0.3, -0.25) is 4.79 Å². The van der Waals surface area contributed by atoms with Gasteiger partial charge in [0.05, 0.1) is 5.69 Å². The molecular weight excluding hydrogens is 298 g/mol. The van der Waals surface area contributed by atoms with E-state index in [2.05, 4.69) is 22.5 Å². The number of aryl methyl sites for hydroxylation is 2. The third-order valence-electron chi connectivity index (χ3n) is 4.05. The van der Waals surface area contributed by atoms with Crippen molar-refractivity contribution in [3.8, 4) is 11.3 Å². The molecule has 118 valence electrons. The second-order valence-electron chi connectivity index (χ2n) is 5.93. The molecule has 0 saturated carbocycles. The third-order valence-corrected chi connectivity index (χ3v) is 4.80. The normalized spacial score (nSPS) is 21.8. The summed E-state index contributed by atoms with van der Waals surface area (Å²) >= 11 is 1.46. The highest BCUT2D eigenvalue weighted by Gasteiger charge is 2.25. The largest absolute Gasteiger partial charge is 0.466 e. The Kier molecular flexibility index (Phi) is 4.31. The highest BCUT2D eigenvalue weighted by molar-refractivity contribution is 7.14. The highest BCUT2D eigenvalue weighted by Crippen LogP contribution is 2.30. The number of carbonyl (C=O) groups excluding carboxylic acids is 1. The molecule has 0 radical (unpaired) electrons. The topological polar surface area (TPSA) is 67.2 Å². The van der Waals surface area contributed by atoms with Crippen molar-refractivity contribution in [1.29, 1.82) is 0 Å². The summed E-state index contributed by atoms with van der Waals surface area (Å²) in [5, 5.41) is 8.93. The summed E-state index contributed by atoms with van der Waals surface area (Å²) in [5.74, 6) is 1.87. The number of aromatic nitrogens is 1. The van der Waals surface area contributed by atoms with Gasteiger partial charge in [0.15, 0.2) is 5.13 Å². The first-order valence-electron chi connectivity index (χ1n) is 7.60. The predicted octanol–water partition coefficient (Wildman–Crippen LogP) is 3.35. The molecule has 2 atom stereocenters. The maximum Gasteiger partial charge on any atom is 0.229 e. The number of rotatable bonds is 3. The van der Waals surface area contributed by atoms with E-state index in [1.165, 1.54) is 11.3 Å². The van der Waals surface area contributed by atoms with Gasteiger partial charge >= 0.3 is 0 Å². The smallest absolute Gasteiger partial charge is 0.229 e. The van der Waals surface area contributed by atoms with Gasteiger partial charge in [-0.1, -0.05) is 0 Å². The second kappa shape index (κ2) is 6.22. The van der Waals surface area contributed by atoms with Gasteiger partial charge in [-0.2, -0.15) is 0 Å². The summed E-state index contributed by atoms with van der Waals surface area (Å²) in [4.78, 5) is 16.9. The molecule has 3 rings (SSSR count). The Bertz CT molecular complexity index is 677. The molecule has 6 heteroatoms. The maximum atomic E-state index is 12.3. The van der Waals surface area contributed by atoms with Crippen LogP contribution in [0.15, 0.2) is 15.9 Å². The SMILES string of the molecule is Cc1cc(-c2csc(NC(=O)[C@H]3CCN[C@@H](C)C3)n2)c(C)o1. The van der Waals surface area contributed by atoms with Crippen LogP contribution in [-0.2, 0) is 4.79 Å². The van der Waals surface area contributed by atoms with Gasteiger partial charge in [0.2, 0.25) is 5.91 Å². The third kappa shape index (κ3) is 3.23. The van der Waals surface area contributed by atoms with E-state index >= 15 is 0 Å². The van der Waals surface area contributed by atoms with E-state index in [1.807, 2.05) is 25.3 Å². The lowest BCUT2D eigenvalue weighted by atomic mass is 9.92. The van der Waals surface area contributed by atoms with Crippen LogP contribution in [0.1, 0.15) is 31.3 Å². The average Bonchev–Trinajstić information content (AvgIpc) is 3.05. The molecule has 0 spiro atoms. The standard InChI is InChI=1S/C16H21N3O2S/c1-9-6-12(4-5-17-9)15(20)19-16-18-14(8-22-16)13-7-10(2)21-11(13)3/h7-9,12,17H,4-6H2,1-3H3,(H,18,19,20)/t9-,12-/m0/s1. The van der Waals surface area contributed by atoms with Crippen LogP contribution in [0.5, 0.6) is 0 Å². The molecule has 2 aromatic rings. The fourth-order valence-electron chi connectivity index (χ4n) is 2.92. The molecule has 0 unspecified atom stereocenters. The lowest BCUT2D eigenvalue weighted by molar-refractivity contribution is -0.120. The van der Waals surface area contributed by atoms with Crippen LogP contribution in [0.25, 0.3) is 11.3 Å². The van der Waals surface area contributed by atoms with Gasteiger partial charge in [0.25, 0.3) is 0 Å². The van der Waals surface area contributed by atoms with Crippen LogP contribution in [0.3, 0.4) is 0 Å². The number of carbonyl (C=O) groups is 1. The number of amides is 1. The summed E-state index contributed by atoms with van der Waals surface area (Å²) in [6.07, 6.45) is 1.76. The molecule has 5 nitrogen and oxygen atoms in total. The van der Waals surface area contributed by atoms with Crippen LogP contribution < -0.4 is 10.6 Å². The van der Waals surface area contributed by atoms with Gasteiger partial charge in [0.1, 0.15) is 11.5 Å². The lowest BCUT2D eigenvalue weighted by Crippen LogP contribution is -2.40. The number of hydrogen-bond acceptors (Lipinski definition) is 5. The second-order valence-corrected chi connectivity index (χ2v) is 6.79. The van der Waals surface area contributed by atoms with Crippen LogP contribution in [0.2, 0.25) is 0 Å². The van der Waals surface area contributed by atoms with E-state index in [1.54, 1.807) is 0 Å². The molecule has 2 N–H and O–H groups in total. The van der Waals surface area contributed by atoms with Gasteiger partial charge in [-0.15, -0.1) is 11.3 Å². The van der Waals surface area contributed by atoms with Crippen LogP contribution in [0, 0.1) is 19.8 Å². The van der Waals surface area contributed by atoms with Crippen molar-refractivity contribution in [1.82, 2.24) is 10.3 Å². The zero-order chi connectivity index (χ0) is 15.7. The van der Waals surface area contributed by atoms with E-state index in [0.29, 0.717) is 11.2 Å². The molecule has 1 aliphatic heterocycles. The van der Waals surface area contributed by atoms with E-state index in [9.17, 15) is 4.79 Å². The summed E-state index contributed by atoms with van der Waals surface area (Å²) < 4.78 is 5.54. The molecule has 0 aromatic carbocycles. The molecule has 22 heavy (non-hydrogen) atoms. The van der Waals surface area contributed by atoms with Crippen molar-refractivity contribution in [3.63, 3.8) is 0 Å². The Morgan fingerprint density at radius 3 is 3.00 bits per heavy atom. The van der Waals surface area contributed by atoms with Gasteiger partial charge in [-0.05, 0) is 46.2 Å². The Balaban J connectivity index is 1.69. The minimum Gasteiger partial charge on any atom is -0.466 e. The number of nitrogens with one attached hydrogen (secondary N) is 2. The molecule has 0 bridgehead atoms. The zero-order valence-electron chi connectivity index (χ0n) is 13.1. The lowest BCUT2D eigenvalue weighted by Gasteiger charge is -2.26. The molecule has 1 aliphatic rings. The monoisotopic (exact) mass is 319 g/mol. The number of thiazole rings is 1. The van der Waals surface area contributed by atoms with Crippen LogP contribution >= 0.6 is 11.3 Å². The predicted molar refractivity (Wildman–Crippen MR) is 88.1 cm³/mol. The fourth-order valence-corrected chi connectivity index (χ4v) is 3.63. The average molecular weight is 319 g/mol. The van der Waals surface area contributed by atoms with Crippen molar-refractivity contribution in [2.75, 3.05) is 11.9 Å². The Morgan fingerprint density at radius 2 is 2.32 bits per heavy atom. The van der Waals surface area contributed by atoms with Crippen molar-refractivity contribution in [2.24, 2.45) is 5.92 Å². The molecule has 1 saturated heterocycles. The number of anilines is 1. The molecular formula is C16H21N3O2S. The van der Waals surface area contributed by atoms with Crippen molar-refractivity contribution < 1.29 is 9.21 Å². The summed E-state index contributed by atoms with van der Waals surface area (Å²) in [7, 11) is 0. The number of piperidine rings is 1. The first kappa shape index (κ1) is 15.2. The molecule has 1 amide bonds. The van der Waals surface area contributed by atoms with E-state index in [-0.39, 0.29) is 11.8 Å². The maximum absolute atomic E-state index is 12.3. The summed E-state index contributed by atoms with van der Waals surface area (Å²) in [6.45, 7) is 6.86. The number of furan rings is 1. The molecule has 2 aromatic heterocycles. The number of hydrogen-bond donors (Lipinski definition) is 2. The zero-order valence-corrected chi connectivity index (χ0v) is 13.9. The minimum atomic E-state index is 0.0708. The molecule has 0 aliphatic carbocycles. The Labute approximate surface area is 134 Å². The quantitative estimate of drug-likeness (QED) is 0.910. The molecule has 3 heterocycles. The Morgan fingerprint density at radius 1 is 1.50 bits per heavy atom. The van der Waals surface area contributed by atoms with E-state index in [0.717, 1.165) is 42.2 Å². The summed E-state index contributed by atoms with van der Waals surface area (Å²) in [5.41, 5.74) is 1.85. The fraction of sp³-hybridized carbons (Fsp3) is 0.500. The first-order valence-corrected chi connectivity index (χ1v) is 8.48. The van der Waals surface area contributed by atoms with Crippen molar-refractivity contribution >= 4 is 22.4 Å². The van der Waals surface area contributed by atoms with Crippen LogP contribution in [-0.4, -0.2) is 23.5 Å². The van der Waals surface area contributed by atoms with E-state index in [4.69, 9.17) is 4.42 Å². The first-order chi connectivity index (χ1) is 10.5. The number of nitrogens with zero attached hydrogens (tertiary/aromatic N) is 1. The Hall–Kier alpha value is -1.66. The van der Waals surface area contributed by atoms with Crippen molar-refractivity contribution in [2.45, 2.75) is 39.7 Å². The summed E-state index contributed by atoms with van der Waals surface area (Å²) in [6, 6.07) is 2.37. The van der Waals surface area contributed by atoms with Gasteiger partial charge in [0, 0.05) is 22.9 Å². The highest BCUT2D eigenvalue weighted by atomic mass is 32.1. The van der Waals surface area contributed by atoms with Crippen molar-refractivity contribution in [3.05, 3.63) is 23.0 Å². The van der Waals surface area contributed by atoms with Crippen LogP contribution in [0.4, 0.5) is 5.13 Å². The molecule has 1 fully saturated rings.